The molecule has 0 spiro atoms. The number of benzene rings is 2. The number of methoxy groups -OCH3 is 4. The molecule has 0 bridgehead atoms. The van der Waals surface area contributed by atoms with Gasteiger partial charge in [0, 0.05) is 77.3 Å². The van der Waals surface area contributed by atoms with Crippen LogP contribution in [0.1, 0.15) is 146 Å². The van der Waals surface area contributed by atoms with E-state index in [0.29, 0.717) is 74.1 Å². The first kappa shape index (κ1) is 80.2. The van der Waals surface area contributed by atoms with Gasteiger partial charge in [-0.15, -0.1) is 0 Å². The van der Waals surface area contributed by atoms with Crippen molar-refractivity contribution in [2.45, 2.75) is 172 Å². The van der Waals surface area contributed by atoms with Gasteiger partial charge < -0.3 is 82.4 Å². The van der Waals surface area contributed by atoms with Crippen molar-refractivity contribution in [1.82, 2.24) is 10.6 Å². The molecule has 0 aliphatic rings. The number of carboxylic acids is 2. The second-order valence-electron chi connectivity index (χ2n) is 25.1. The third-order valence-corrected chi connectivity index (χ3v) is 15.5. The molecule has 0 unspecified atom stereocenters. The van der Waals surface area contributed by atoms with Gasteiger partial charge in [0.2, 0.25) is 23.6 Å². The van der Waals surface area contributed by atoms with Crippen LogP contribution in [0.15, 0.2) is 36.4 Å². The maximum atomic E-state index is 12.9. The van der Waals surface area contributed by atoms with Crippen LogP contribution in [-0.2, 0) is 51.1 Å². The van der Waals surface area contributed by atoms with E-state index >= 15 is 0 Å². The van der Waals surface area contributed by atoms with E-state index < -0.39 is 70.7 Å². The number of aliphatic hydroxyl groups is 2. The van der Waals surface area contributed by atoms with Crippen LogP contribution in [0.2, 0.25) is 0 Å². The van der Waals surface area contributed by atoms with Crippen LogP contribution in [0.25, 0.3) is 0 Å². The Bertz CT molecular complexity index is 2160. The highest BCUT2D eigenvalue weighted by Gasteiger charge is 2.34. The second-order valence-corrected chi connectivity index (χ2v) is 25.1. The van der Waals surface area contributed by atoms with E-state index in [2.05, 4.69) is 38.3 Å². The molecule has 86 heavy (non-hydrogen) atoms. The summed E-state index contributed by atoms with van der Waals surface area (Å²) in [5.74, 6) is -0.568. The molecular weight excluding hydrogens is 1110 g/mol. The van der Waals surface area contributed by atoms with Crippen LogP contribution < -0.4 is 52.5 Å². The Morgan fingerprint density at radius 3 is 1.08 bits per heavy atom. The number of aliphatic carboxylic acids is 2. The maximum absolute atomic E-state index is 12.9. The Labute approximate surface area is 513 Å². The van der Waals surface area contributed by atoms with Gasteiger partial charge in [-0.1, -0.05) is 67.5 Å². The third-order valence-electron chi connectivity index (χ3n) is 15.5. The van der Waals surface area contributed by atoms with Gasteiger partial charge in [-0.2, -0.15) is 0 Å². The minimum Gasteiger partial charge on any atom is -0.493 e. The first-order chi connectivity index (χ1) is 40.1. The normalized spacial score (nSPS) is 14.5. The third kappa shape index (κ3) is 31.7. The fourth-order valence-corrected chi connectivity index (χ4v) is 8.99. The van der Waals surface area contributed by atoms with Gasteiger partial charge in [-0.05, 0) is 137 Å². The molecule has 8 atom stereocenters. The highest BCUT2D eigenvalue weighted by Crippen LogP contribution is 2.34. The van der Waals surface area contributed by atoms with E-state index in [0.717, 1.165) is 36.8 Å². The van der Waals surface area contributed by atoms with Crippen molar-refractivity contribution in [3.63, 3.8) is 0 Å². The van der Waals surface area contributed by atoms with Gasteiger partial charge in [-0.25, -0.2) is 0 Å². The van der Waals surface area contributed by atoms with E-state index in [9.17, 15) is 39.0 Å². The number of hydrogen-bond donors (Lipinski definition) is 10. The molecular formula is C64H112N6O16. The van der Waals surface area contributed by atoms with Gasteiger partial charge >= 0.3 is 11.9 Å². The van der Waals surface area contributed by atoms with Gasteiger partial charge in [0.25, 0.3) is 0 Å². The molecule has 0 aromatic heterocycles. The van der Waals surface area contributed by atoms with Gasteiger partial charge in [-0.3, -0.25) is 28.8 Å². The number of carbonyl (C=O) groups excluding carboxylic acids is 4. The monoisotopic (exact) mass is 1220 g/mol. The van der Waals surface area contributed by atoms with Crippen LogP contribution in [0, 0.1) is 58.2 Å². The minimum absolute atomic E-state index is 0.00829. The minimum atomic E-state index is -1.08. The molecule has 2 aromatic rings. The number of ether oxygens (including phenoxy) is 6. The molecule has 0 aliphatic heterocycles. The van der Waals surface area contributed by atoms with Crippen molar-refractivity contribution in [2.75, 3.05) is 68.0 Å². The van der Waals surface area contributed by atoms with E-state index in [1.54, 1.807) is 56.1 Å². The number of amides is 4. The van der Waals surface area contributed by atoms with Crippen molar-refractivity contribution in [3.8, 4) is 23.0 Å². The Kier molecular flexibility index (Phi) is 38.6. The topological polar surface area (TPSA) is 367 Å². The van der Waals surface area contributed by atoms with E-state index in [4.69, 9.17) is 61.6 Å². The van der Waals surface area contributed by atoms with E-state index in [1.165, 1.54) is 0 Å². The highest BCUT2D eigenvalue weighted by atomic mass is 16.5. The zero-order valence-electron chi connectivity index (χ0n) is 54.7. The number of hydrogen-bond acceptors (Lipinski definition) is 16. The average Bonchev–Trinajstić information content (AvgIpc) is 2.92. The lowest BCUT2D eigenvalue weighted by Gasteiger charge is -2.30. The molecule has 4 amide bonds. The molecule has 0 saturated heterocycles. The standard InChI is InChI=1S/2C30H53N3O6.C4H6O4/c2*1-19(2)22(14-21-10-11-26(38-8)27(15-21)39-13-9-12-37-7)16-24(31)25(34)17-23(20(3)4)28(35)33-18-30(5,6)29(32)36;5-3(6)1-2-4(7)8/h2*10-11,15,19-20,22-25,34H,9,12-14,16-18,31H2,1-8H3,(H2,32,36)(H,33,35);1-2H2,(H,5,6)(H,7,8)/t2*22-,23-,24-,25-;/m00./s1. The van der Waals surface area contributed by atoms with Crippen molar-refractivity contribution in [1.29, 1.82) is 0 Å². The smallest absolute Gasteiger partial charge is 0.303 e. The van der Waals surface area contributed by atoms with Crippen LogP contribution in [-0.4, -0.2) is 148 Å². The summed E-state index contributed by atoms with van der Waals surface area (Å²) >= 11 is 0. The number of primary amides is 2. The van der Waals surface area contributed by atoms with Crippen LogP contribution in [0.4, 0.5) is 0 Å². The summed E-state index contributed by atoms with van der Waals surface area (Å²) < 4.78 is 33.0. The molecule has 22 heteroatoms. The SMILES string of the molecule is COCCCOc1cc(C[C@@H](C[C@H](N)[C@@H](O)C[C@H](C(=O)NCC(C)(C)C(N)=O)C(C)C)C(C)C)ccc1OC.COCCCOc1cc(C[C@@H](C[C@H](N)[C@@H](O)C[C@H](C(=O)NCC(C)(C)C(N)=O)C(C)C)C(C)C)ccc1OC.O=C(O)CCC(=O)O. The van der Waals surface area contributed by atoms with Crippen molar-refractivity contribution in [3.05, 3.63) is 47.5 Å². The maximum Gasteiger partial charge on any atom is 0.303 e. The summed E-state index contributed by atoms with van der Waals surface area (Å²) in [6.07, 6.45) is 2.53. The van der Waals surface area contributed by atoms with Crippen LogP contribution in [0.5, 0.6) is 23.0 Å². The number of nitrogens with one attached hydrogen (secondary N) is 2. The summed E-state index contributed by atoms with van der Waals surface area (Å²) in [7, 11) is 6.58. The first-order valence-electron chi connectivity index (χ1n) is 30.1. The molecule has 494 valence electrons. The van der Waals surface area contributed by atoms with Gasteiger partial charge in [0.05, 0.1) is 63.3 Å². The molecule has 22 nitrogen and oxygen atoms in total. The Morgan fingerprint density at radius 2 is 0.826 bits per heavy atom. The highest BCUT2D eigenvalue weighted by molar-refractivity contribution is 5.84. The molecule has 14 N–H and O–H groups in total. The molecule has 0 aliphatic carbocycles. The molecule has 0 fully saturated rings. The number of nitrogens with two attached hydrogens (primary N) is 4. The number of carbonyl (C=O) groups is 6. The lowest BCUT2D eigenvalue weighted by Crippen LogP contribution is -2.46. The van der Waals surface area contributed by atoms with Crippen molar-refractivity contribution < 1.29 is 77.6 Å². The number of rotatable bonds is 41. The summed E-state index contributed by atoms with van der Waals surface area (Å²) in [6.45, 7) is 25.7. The quantitative estimate of drug-likeness (QED) is 0.0317. The lowest BCUT2D eigenvalue weighted by molar-refractivity contribution is -0.143. The van der Waals surface area contributed by atoms with Gasteiger partial charge in [0.1, 0.15) is 0 Å². The average molecular weight is 1220 g/mol. The predicted molar refractivity (Wildman–Crippen MR) is 334 cm³/mol. The summed E-state index contributed by atoms with van der Waals surface area (Å²) in [5, 5.41) is 43.5. The fraction of sp³-hybridized carbons (Fsp3) is 0.719. The largest absolute Gasteiger partial charge is 0.493 e. The Morgan fingerprint density at radius 1 is 0.500 bits per heavy atom. The van der Waals surface area contributed by atoms with Crippen LogP contribution in [0.3, 0.4) is 0 Å². The van der Waals surface area contributed by atoms with E-state index in [1.807, 2.05) is 64.1 Å². The Balaban J connectivity index is 0.00000149. The number of aliphatic hydroxyl groups excluding tert-OH is 2. The Hall–Kier alpha value is -5.78. The zero-order chi connectivity index (χ0) is 66.1. The molecule has 2 rings (SSSR count). The first-order valence-corrected chi connectivity index (χ1v) is 30.1. The molecule has 0 radical (unpaired) electrons. The van der Waals surface area contributed by atoms with Crippen LogP contribution >= 0.6 is 0 Å². The molecule has 0 saturated carbocycles. The predicted octanol–water partition coefficient (Wildman–Crippen LogP) is 6.52. The fourth-order valence-electron chi connectivity index (χ4n) is 8.99. The lowest BCUT2D eigenvalue weighted by atomic mass is 9.80. The molecule has 0 heterocycles. The summed E-state index contributed by atoms with van der Waals surface area (Å²) in [6, 6.07) is 10.9. The van der Waals surface area contributed by atoms with Crippen molar-refractivity contribution in [2.24, 2.45) is 81.1 Å². The summed E-state index contributed by atoms with van der Waals surface area (Å²) in [5.41, 5.74) is 24.4. The van der Waals surface area contributed by atoms with Crippen molar-refractivity contribution >= 4 is 35.6 Å². The van der Waals surface area contributed by atoms with E-state index in [-0.39, 0.29) is 74.3 Å². The second kappa shape index (κ2) is 41.4. The number of carboxylic acid groups (broad SMARTS) is 2. The zero-order valence-corrected chi connectivity index (χ0v) is 54.7. The molecule has 2 aromatic carbocycles. The van der Waals surface area contributed by atoms with Gasteiger partial charge in [0.15, 0.2) is 23.0 Å². The summed E-state index contributed by atoms with van der Waals surface area (Å²) in [4.78, 5) is 68.4.